The summed E-state index contributed by atoms with van der Waals surface area (Å²) in [5.74, 6) is 0.894. The monoisotopic (exact) mass is 434 g/mol. The van der Waals surface area contributed by atoms with Gasteiger partial charge < -0.3 is 19.5 Å². The molecule has 170 valence electrons. The standard InChI is InChI=1S/C26H34N4O2/c1-32-24-9-10-25-23(19-24)11-14-30(25)21-26(31)27-12-5-6-13-28-15-17-29(18-16-28)20-22-7-3-2-4-8-22/h2-4,7-11,14,19H,5-6,12-13,15-18,20-21H2,1H3,(H,27,31). The van der Waals surface area contributed by atoms with Crippen LogP contribution in [0.1, 0.15) is 18.4 Å². The fourth-order valence-corrected chi connectivity index (χ4v) is 4.35. The van der Waals surface area contributed by atoms with Crippen molar-refractivity contribution < 1.29 is 9.53 Å². The first kappa shape index (κ1) is 22.4. The minimum absolute atomic E-state index is 0.0628. The molecule has 6 nitrogen and oxygen atoms in total. The molecule has 3 aromatic rings. The summed E-state index contributed by atoms with van der Waals surface area (Å²) in [5, 5.41) is 4.15. The molecule has 6 heteroatoms. The quantitative estimate of drug-likeness (QED) is 0.497. The minimum Gasteiger partial charge on any atom is -0.497 e. The zero-order valence-electron chi connectivity index (χ0n) is 19.0. The third-order valence-corrected chi connectivity index (χ3v) is 6.23. The second-order valence-corrected chi connectivity index (χ2v) is 8.53. The Morgan fingerprint density at radius 3 is 2.53 bits per heavy atom. The Hall–Kier alpha value is -2.83. The van der Waals surface area contributed by atoms with Gasteiger partial charge in [-0.3, -0.25) is 9.69 Å². The predicted octanol–water partition coefficient (Wildman–Crippen LogP) is 3.36. The lowest BCUT2D eigenvalue weighted by Crippen LogP contribution is -2.46. The molecule has 0 bridgehead atoms. The highest BCUT2D eigenvalue weighted by atomic mass is 16.5. The van der Waals surface area contributed by atoms with Crippen molar-refractivity contribution >= 4 is 16.8 Å². The fraction of sp³-hybridized carbons (Fsp3) is 0.423. The highest BCUT2D eigenvalue weighted by Gasteiger charge is 2.16. The number of rotatable bonds is 10. The molecule has 2 aromatic carbocycles. The number of fused-ring (bicyclic) bond motifs is 1. The van der Waals surface area contributed by atoms with Gasteiger partial charge in [0.25, 0.3) is 0 Å². The lowest BCUT2D eigenvalue weighted by Gasteiger charge is -2.34. The fourth-order valence-electron chi connectivity index (χ4n) is 4.35. The lowest BCUT2D eigenvalue weighted by atomic mass is 10.2. The van der Waals surface area contributed by atoms with Crippen LogP contribution >= 0.6 is 0 Å². The third kappa shape index (κ3) is 6.11. The normalized spacial score (nSPS) is 15.2. The van der Waals surface area contributed by atoms with Crippen LogP contribution in [0.4, 0.5) is 0 Å². The molecule has 0 saturated carbocycles. The molecule has 0 unspecified atom stereocenters. The summed E-state index contributed by atoms with van der Waals surface area (Å²) in [6.45, 7) is 7.75. The van der Waals surface area contributed by atoms with Crippen molar-refractivity contribution in [3.8, 4) is 5.75 Å². The average Bonchev–Trinajstić information content (AvgIpc) is 3.22. The first-order valence-electron chi connectivity index (χ1n) is 11.6. The summed E-state index contributed by atoms with van der Waals surface area (Å²) in [6.07, 6.45) is 4.09. The van der Waals surface area contributed by atoms with Gasteiger partial charge in [-0.15, -0.1) is 0 Å². The van der Waals surface area contributed by atoms with Crippen molar-refractivity contribution in [1.29, 1.82) is 0 Å². The molecule has 0 atom stereocenters. The number of ether oxygens (including phenoxy) is 1. The summed E-state index contributed by atoms with van der Waals surface area (Å²) >= 11 is 0. The number of hydrogen-bond donors (Lipinski definition) is 1. The molecule has 1 fully saturated rings. The van der Waals surface area contributed by atoms with Crippen LogP contribution in [-0.4, -0.2) is 66.7 Å². The number of methoxy groups -OCH3 is 1. The van der Waals surface area contributed by atoms with Crippen LogP contribution in [0.2, 0.25) is 0 Å². The molecule has 0 radical (unpaired) electrons. The number of hydrogen-bond acceptors (Lipinski definition) is 4. The van der Waals surface area contributed by atoms with E-state index in [4.69, 9.17) is 4.74 Å². The molecule has 0 aliphatic carbocycles. The van der Waals surface area contributed by atoms with Crippen LogP contribution in [0, 0.1) is 0 Å². The number of nitrogens with zero attached hydrogens (tertiary/aromatic N) is 3. The van der Waals surface area contributed by atoms with Crippen molar-refractivity contribution in [2.24, 2.45) is 0 Å². The largest absolute Gasteiger partial charge is 0.497 e. The number of aromatic nitrogens is 1. The van der Waals surface area contributed by atoms with Crippen LogP contribution in [0.3, 0.4) is 0 Å². The van der Waals surface area contributed by atoms with Crippen molar-refractivity contribution in [1.82, 2.24) is 19.7 Å². The summed E-state index contributed by atoms with van der Waals surface area (Å²) in [7, 11) is 1.66. The average molecular weight is 435 g/mol. The van der Waals surface area contributed by atoms with Crippen molar-refractivity contribution in [3.63, 3.8) is 0 Å². The summed E-state index contributed by atoms with van der Waals surface area (Å²) in [4.78, 5) is 17.4. The van der Waals surface area contributed by atoms with Crippen LogP contribution in [0.5, 0.6) is 5.75 Å². The van der Waals surface area contributed by atoms with E-state index in [1.807, 2.05) is 35.0 Å². The Morgan fingerprint density at radius 2 is 1.75 bits per heavy atom. The number of carbonyl (C=O) groups is 1. The highest BCUT2D eigenvalue weighted by molar-refractivity contribution is 5.84. The maximum absolute atomic E-state index is 12.4. The van der Waals surface area contributed by atoms with Crippen LogP contribution < -0.4 is 10.1 Å². The van der Waals surface area contributed by atoms with E-state index in [1.165, 1.54) is 5.56 Å². The van der Waals surface area contributed by atoms with Crippen LogP contribution in [0.25, 0.3) is 10.9 Å². The SMILES string of the molecule is COc1ccc2c(ccn2CC(=O)NCCCCN2CCN(Cc3ccccc3)CC2)c1. The van der Waals surface area contributed by atoms with Gasteiger partial charge in [-0.25, -0.2) is 0 Å². The summed E-state index contributed by atoms with van der Waals surface area (Å²) in [5.41, 5.74) is 2.44. The molecule has 1 aliphatic rings. The second-order valence-electron chi connectivity index (χ2n) is 8.53. The highest BCUT2D eigenvalue weighted by Crippen LogP contribution is 2.21. The molecule has 32 heavy (non-hydrogen) atoms. The zero-order chi connectivity index (χ0) is 22.2. The van der Waals surface area contributed by atoms with Gasteiger partial charge in [0.1, 0.15) is 12.3 Å². The molecule has 2 heterocycles. The Bertz CT molecular complexity index is 993. The maximum Gasteiger partial charge on any atom is 0.239 e. The molecule has 4 rings (SSSR count). The number of benzene rings is 2. The van der Waals surface area contributed by atoms with E-state index in [-0.39, 0.29) is 5.91 Å². The Kier molecular flexibility index (Phi) is 7.80. The van der Waals surface area contributed by atoms with Gasteiger partial charge >= 0.3 is 0 Å². The topological polar surface area (TPSA) is 49.7 Å². The number of nitrogens with one attached hydrogen (secondary N) is 1. The van der Waals surface area contributed by atoms with Gasteiger partial charge in [0.15, 0.2) is 0 Å². The predicted molar refractivity (Wildman–Crippen MR) is 129 cm³/mol. The van der Waals surface area contributed by atoms with E-state index in [0.29, 0.717) is 6.54 Å². The van der Waals surface area contributed by atoms with Crippen LogP contribution in [0.15, 0.2) is 60.8 Å². The molecule has 1 aliphatic heterocycles. The Labute approximate surface area is 190 Å². The molecule has 1 N–H and O–H groups in total. The number of piperazine rings is 1. The van der Waals surface area contributed by atoms with Gasteiger partial charge in [0.05, 0.1) is 7.11 Å². The van der Waals surface area contributed by atoms with Crippen LogP contribution in [-0.2, 0) is 17.9 Å². The van der Waals surface area contributed by atoms with E-state index in [0.717, 1.165) is 75.3 Å². The Balaban J connectivity index is 1.10. The van der Waals surface area contributed by atoms with Crippen molar-refractivity contribution in [2.45, 2.75) is 25.9 Å². The molecule has 1 amide bonds. The first-order chi connectivity index (χ1) is 15.7. The van der Waals surface area contributed by atoms with E-state index in [9.17, 15) is 4.79 Å². The Morgan fingerprint density at radius 1 is 0.969 bits per heavy atom. The van der Waals surface area contributed by atoms with Gasteiger partial charge in [-0.2, -0.15) is 0 Å². The van der Waals surface area contributed by atoms with Gasteiger partial charge in [0.2, 0.25) is 5.91 Å². The lowest BCUT2D eigenvalue weighted by molar-refractivity contribution is -0.121. The first-order valence-corrected chi connectivity index (χ1v) is 11.6. The number of unbranched alkanes of at least 4 members (excludes halogenated alkanes) is 1. The van der Waals surface area contributed by atoms with Crippen molar-refractivity contribution in [2.75, 3.05) is 46.4 Å². The van der Waals surface area contributed by atoms with Gasteiger partial charge in [0, 0.05) is 56.4 Å². The zero-order valence-corrected chi connectivity index (χ0v) is 19.0. The molecule has 1 saturated heterocycles. The summed E-state index contributed by atoms with van der Waals surface area (Å²) in [6, 6.07) is 18.7. The van der Waals surface area contributed by atoms with E-state index < -0.39 is 0 Å². The maximum atomic E-state index is 12.4. The van der Waals surface area contributed by atoms with E-state index in [1.54, 1.807) is 7.11 Å². The van der Waals surface area contributed by atoms with E-state index >= 15 is 0 Å². The smallest absolute Gasteiger partial charge is 0.239 e. The molecular formula is C26H34N4O2. The number of carbonyl (C=O) groups excluding carboxylic acids is 1. The number of amides is 1. The van der Waals surface area contributed by atoms with Gasteiger partial charge in [-0.05, 0) is 49.2 Å². The second kappa shape index (κ2) is 11.2. The summed E-state index contributed by atoms with van der Waals surface area (Å²) < 4.78 is 7.25. The third-order valence-electron chi connectivity index (χ3n) is 6.23. The molecular weight excluding hydrogens is 400 g/mol. The van der Waals surface area contributed by atoms with Crippen molar-refractivity contribution in [3.05, 3.63) is 66.4 Å². The molecule has 1 aromatic heterocycles. The molecule has 0 spiro atoms. The van der Waals surface area contributed by atoms with E-state index in [2.05, 4.69) is 45.4 Å². The minimum atomic E-state index is 0.0628. The van der Waals surface area contributed by atoms with Gasteiger partial charge in [-0.1, -0.05) is 30.3 Å².